The number of nitrogens with one attached hydrogen (secondary N) is 2. The van der Waals surface area contributed by atoms with Gasteiger partial charge in [-0.2, -0.15) is 5.26 Å². The van der Waals surface area contributed by atoms with E-state index < -0.39 is 11.9 Å². The summed E-state index contributed by atoms with van der Waals surface area (Å²) in [6, 6.07) is 24.7. The predicted octanol–water partition coefficient (Wildman–Crippen LogP) is 4.72. The predicted molar refractivity (Wildman–Crippen MR) is 117 cm³/mol. The van der Waals surface area contributed by atoms with Gasteiger partial charge in [0.15, 0.2) is 0 Å². The fourth-order valence-electron chi connectivity index (χ4n) is 2.62. The molecule has 0 aliphatic carbocycles. The lowest BCUT2D eigenvalue weighted by Crippen LogP contribution is -2.17. The summed E-state index contributed by atoms with van der Waals surface area (Å²) in [5.74, 6) is 0.127. The van der Waals surface area contributed by atoms with Crippen LogP contribution in [0.4, 0.5) is 11.4 Å². The molecule has 0 aliphatic rings. The maximum Gasteiger partial charge on any atom is 0.339 e. The number of methoxy groups -OCH3 is 1. The molecule has 0 saturated heterocycles. The number of carbonyl (C=O) groups is 2. The summed E-state index contributed by atoms with van der Waals surface area (Å²) in [7, 11) is 1.25. The molecule has 0 atom stereocenters. The van der Waals surface area contributed by atoms with Crippen LogP contribution in [0.1, 0.15) is 10.4 Å². The van der Waals surface area contributed by atoms with Gasteiger partial charge in [-0.3, -0.25) is 4.79 Å². The van der Waals surface area contributed by atoms with Crippen molar-refractivity contribution >= 4 is 23.3 Å². The first-order valence-electron chi connectivity index (χ1n) is 9.29. The smallest absolute Gasteiger partial charge is 0.339 e. The standard InChI is InChI=1S/C24H19N3O4/c1-30-24(29)21-9-5-6-10-22(21)27-23(28)17(15-25)16-26-18-11-13-20(14-12-18)31-19-7-3-2-4-8-19/h2-14,16,26H,1H3,(H,27,28)/b17-16-. The second-order valence-electron chi connectivity index (χ2n) is 6.24. The van der Waals surface area contributed by atoms with Gasteiger partial charge < -0.3 is 20.1 Å². The molecular weight excluding hydrogens is 394 g/mol. The van der Waals surface area contributed by atoms with Crippen LogP contribution in [0.2, 0.25) is 0 Å². The quantitative estimate of drug-likeness (QED) is 0.330. The molecule has 0 spiro atoms. The Morgan fingerprint density at radius 1 is 0.903 bits per heavy atom. The van der Waals surface area contributed by atoms with Crippen molar-refractivity contribution in [3.63, 3.8) is 0 Å². The van der Waals surface area contributed by atoms with E-state index in [9.17, 15) is 14.9 Å². The number of amides is 1. The normalized spacial score (nSPS) is 10.5. The number of esters is 1. The first kappa shape index (κ1) is 21.1. The van der Waals surface area contributed by atoms with E-state index in [4.69, 9.17) is 9.47 Å². The first-order chi connectivity index (χ1) is 15.1. The third-order valence-corrected chi connectivity index (χ3v) is 4.16. The number of nitriles is 1. The molecule has 154 valence electrons. The van der Waals surface area contributed by atoms with Crippen LogP contribution in [0.25, 0.3) is 0 Å². The summed E-state index contributed by atoms with van der Waals surface area (Å²) in [5, 5.41) is 14.8. The summed E-state index contributed by atoms with van der Waals surface area (Å²) < 4.78 is 10.4. The minimum Gasteiger partial charge on any atom is -0.465 e. The Labute approximate surface area is 179 Å². The highest BCUT2D eigenvalue weighted by Crippen LogP contribution is 2.23. The Morgan fingerprint density at radius 2 is 1.55 bits per heavy atom. The number of carbonyl (C=O) groups excluding carboxylic acids is 2. The van der Waals surface area contributed by atoms with Gasteiger partial charge in [-0.25, -0.2) is 4.79 Å². The third kappa shape index (κ3) is 5.71. The molecule has 0 radical (unpaired) electrons. The van der Waals surface area contributed by atoms with Gasteiger partial charge in [0.05, 0.1) is 18.4 Å². The second-order valence-corrected chi connectivity index (χ2v) is 6.24. The Balaban J connectivity index is 1.66. The molecule has 1 amide bonds. The van der Waals surface area contributed by atoms with Crippen LogP contribution in [-0.2, 0) is 9.53 Å². The molecule has 3 aromatic carbocycles. The summed E-state index contributed by atoms with van der Waals surface area (Å²) in [5.41, 5.74) is 0.945. The molecule has 31 heavy (non-hydrogen) atoms. The SMILES string of the molecule is COC(=O)c1ccccc1NC(=O)/C(C#N)=C\Nc1ccc(Oc2ccccc2)cc1. The molecule has 0 saturated carbocycles. The zero-order valence-corrected chi connectivity index (χ0v) is 16.7. The summed E-state index contributed by atoms with van der Waals surface area (Å²) in [6.07, 6.45) is 1.29. The Hall–Kier alpha value is -4.57. The van der Waals surface area contributed by atoms with E-state index >= 15 is 0 Å². The number of hydrogen-bond donors (Lipinski definition) is 2. The van der Waals surface area contributed by atoms with Crippen molar-refractivity contribution in [2.75, 3.05) is 17.7 Å². The van der Waals surface area contributed by atoms with Gasteiger partial charge in [0.2, 0.25) is 0 Å². The van der Waals surface area contributed by atoms with Crippen molar-refractivity contribution < 1.29 is 19.1 Å². The van der Waals surface area contributed by atoms with Crippen LogP contribution in [0.3, 0.4) is 0 Å². The molecule has 0 aliphatic heterocycles. The topological polar surface area (TPSA) is 100 Å². The van der Waals surface area contributed by atoms with Crippen molar-refractivity contribution in [1.82, 2.24) is 0 Å². The number of ether oxygens (including phenoxy) is 2. The van der Waals surface area contributed by atoms with Crippen LogP contribution in [0, 0.1) is 11.3 Å². The highest BCUT2D eigenvalue weighted by Gasteiger charge is 2.15. The zero-order chi connectivity index (χ0) is 22.1. The van der Waals surface area contributed by atoms with E-state index in [1.54, 1.807) is 42.5 Å². The highest BCUT2D eigenvalue weighted by molar-refractivity contribution is 6.09. The molecule has 7 heteroatoms. The molecular formula is C24H19N3O4. The van der Waals surface area contributed by atoms with Crippen LogP contribution in [0.5, 0.6) is 11.5 Å². The van der Waals surface area contributed by atoms with Crippen molar-refractivity contribution in [2.45, 2.75) is 0 Å². The molecule has 0 fully saturated rings. The summed E-state index contributed by atoms with van der Waals surface area (Å²) >= 11 is 0. The van der Waals surface area contributed by atoms with Crippen LogP contribution < -0.4 is 15.4 Å². The van der Waals surface area contributed by atoms with Gasteiger partial charge in [0.25, 0.3) is 5.91 Å². The first-order valence-corrected chi connectivity index (χ1v) is 9.29. The van der Waals surface area contributed by atoms with Crippen LogP contribution >= 0.6 is 0 Å². The van der Waals surface area contributed by atoms with Crippen LogP contribution in [0.15, 0.2) is 90.6 Å². The lowest BCUT2D eigenvalue weighted by molar-refractivity contribution is -0.112. The molecule has 3 rings (SSSR count). The van der Waals surface area contributed by atoms with E-state index in [0.717, 1.165) is 5.75 Å². The van der Waals surface area contributed by atoms with Gasteiger partial charge in [-0.05, 0) is 48.5 Å². The Bertz CT molecular complexity index is 1130. The minimum atomic E-state index is -0.657. The lowest BCUT2D eigenvalue weighted by atomic mass is 10.1. The van der Waals surface area contributed by atoms with Crippen molar-refractivity contribution in [2.24, 2.45) is 0 Å². The van der Waals surface area contributed by atoms with Crippen molar-refractivity contribution in [3.8, 4) is 17.6 Å². The van der Waals surface area contributed by atoms with Crippen molar-refractivity contribution in [3.05, 3.63) is 96.2 Å². The van der Waals surface area contributed by atoms with E-state index in [1.165, 1.54) is 19.4 Å². The maximum absolute atomic E-state index is 12.5. The molecule has 0 unspecified atom stereocenters. The number of rotatable bonds is 7. The van der Waals surface area contributed by atoms with E-state index in [-0.39, 0.29) is 16.8 Å². The molecule has 3 aromatic rings. The average molecular weight is 413 g/mol. The number of nitrogens with zero attached hydrogens (tertiary/aromatic N) is 1. The Morgan fingerprint density at radius 3 is 2.23 bits per heavy atom. The number of benzene rings is 3. The fraction of sp³-hybridized carbons (Fsp3) is 0.0417. The van der Waals surface area contributed by atoms with E-state index in [1.807, 2.05) is 36.4 Å². The van der Waals surface area contributed by atoms with Gasteiger partial charge >= 0.3 is 5.97 Å². The average Bonchev–Trinajstić information content (AvgIpc) is 2.81. The summed E-state index contributed by atoms with van der Waals surface area (Å²) in [6.45, 7) is 0. The van der Waals surface area contributed by atoms with E-state index in [0.29, 0.717) is 11.4 Å². The van der Waals surface area contributed by atoms with Crippen LogP contribution in [-0.4, -0.2) is 19.0 Å². The molecule has 2 N–H and O–H groups in total. The largest absolute Gasteiger partial charge is 0.465 e. The fourth-order valence-corrected chi connectivity index (χ4v) is 2.62. The monoisotopic (exact) mass is 413 g/mol. The van der Waals surface area contributed by atoms with Gasteiger partial charge in [0, 0.05) is 11.9 Å². The molecule has 0 bridgehead atoms. The number of anilines is 2. The van der Waals surface area contributed by atoms with Gasteiger partial charge in [-0.15, -0.1) is 0 Å². The van der Waals surface area contributed by atoms with Gasteiger partial charge in [-0.1, -0.05) is 30.3 Å². The lowest BCUT2D eigenvalue weighted by Gasteiger charge is -2.09. The van der Waals surface area contributed by atoms with Gasteiger partial charge in [0.1, 0.15) is 23.1 Å². The number of hydrogen-bond acceptors (Lipinski definition) is 6. The van der Waals surface area contributed by atoms with E-state index in [2.05, 4.69) is 10.6 Å². The minimum absolute atomic E-state index is 0.163. The maximum atomic E-state index is 12.5. The highest BCUT2D eigenvalue weighted by atomic mass is 16.5. The second kappa shape index (κ2) is 10.3. The molecule has 0 aromatic heterocycles. The molecule has 0 heterocycles. The van der Waals surface area contributed by atoms with Crippen molar-refractivity contribution in [1.29, 1.82) is 5.26 Å². The zero-order valence-electron chi connectivity index (χ0n) is 16.7. The third-order valence-electron chi connectivity index (χ3n) is 4.16. The Kier molecular flexibility index (Phi) is 7.01. The molecule has 7 nitrogen and oxygen atoms in total. The number of para-hydroxylation sites is 2. The summed E-state index contributed by atoms with van der Waals surface area (Å²) in [4.78, 5) is 24.3.